The summed E-state index contributed by atoms with van der Waals surface area (Å²) >= 11 is 0. The highest BCUT2D eigenvalue weighted by atomic mass is 16.6. The predicted octanol–water partition coefficient (Wildman–Crippen LogP) is 3.24. The van der Waals surface area contributed by atoms with Crippen LogP contribution in [-0.4, -0.2) is 4.92 Å². The molecule has 17 heavy (non-hydrogen) atoms. The summed E-state index contributed by atoms with van der Waals surface area (Å²) in [6.45, 7) is 1.87. The second-order valence-corrected chi connectivity index (χ2v) is 4.37. The van der Waals surface area contributed by atoms with Gasteiger partial charge in [-0.15, -0.1) is 0 Å². The fourth-order valence-electron chi connectivity index (χ4n) is 2.36. The summed E-state index contributed by atoms with van der Waals surface area (Å²) in [5.74, 6) is 0.564. The molecule has 0 amide bonds. The first-order valence-corrected chi connectivity index (χ1v) is 5.53. The number of rotatable bonds is 1. The molecule has 1 aromatic carbocycles. The van der Waals surface area contributed by atoms with E-state index in [-0.39, 0.29) is 16.5 Å². The molecule has 0 radical (unpaired) electrons. The van der Waals surface area contributed by atoms with Gasteiger partial charge in [-0.3, -0.25) is 10.1 Å². The smallest absolute Gasteiger partial charge is 0.253 e. The fourth-order valence-corrected chi connectivity index (χ4v) is 2.36. The van der Waals surface area contributed by atoms with Gasteiger partial charge in [0.05, 0.1) is 16.9 Å². The lowest BCUT2D eigenvalue weighted by Gasteiger charge is -2.13. The molecule has 3 rings (SSSR count). The maximum absolute atomic E-state index is 10.9. The van der Waals surface area contributed by atoms with E-state index in [2.05, 4.69) is 0 Å². The molecule has 1 heterocycles. The van der Waals surface area contributed by atoms with Gasteiger partial charge < -0.3 is 4.42 Å². The zero-order valence-electron chi connectivity index (χ0n) is 9.34. The SMILES string of the molecule is CC1Cc2c(oc3ccccc23)C=C1[N+](=O)[O-]. The lowest BCUT2D eigenvalue weighted by Crippen LogP contribution is -2.14. The Hall–Kier alpha value is -2.10. The minimum absolute atomic E-state index is 0.0708. The number of para-hydroxylation sites is 1. The minimum Gasteiger partial charge on any atom is -0.456 e. The largest absolute Gasteiger partial charge is 0.456 e. The lowest BCUT2D eigenvalue weighted by molar-refractivity contribution is -0.431. The van der Waals surface area contributed by atoms with Gasteiger partial charge in [-0.25, -0.2) is 0 Å². The van der Waals surface area contributed by atoms with Crippen molar-refractivity contribution >= 4 is 17.0 Å². The molecular weight excluding hydrogens is 218 g/mol. The Morgan fingerprint density at radius 3 is 2.94 bits per heavy atom. The Morgan fingerprint density at radius 2 is 2.18 bits per heavy atom. The molecule has 1 unspecified atom stereocenters. The van der Waals surface area contributed by atoms with Crippen molar-refractivity contribution in [3.8, 4) is 0 Å². The molecule has 0 N–H and O–H groups in total. The molecule has 0 aliphatic heterocycles. The van der Waals surface area contributed by atoms with Crippen molar-refractivity contribution < 1.29 is 9.34 Å². The topological polar surface area (TPSA) is 56.3 Å². The molecule has 0 spiro atoms. The molecule has 2 aromatic rings. The Bertz CT molecular complexity index is 639. The second-order valence-electron chi connectivity index (χ2n) is 4.37. The third-order valence-corrected chi connectivity index (χ3v) is 3.23. The van der Waals surface area contributed by atoms with Gasteiger partial charge >= 0.3 is 0 Å². The molecule has 0 bridgehead atoms. The third-order valence-electron chi connectivity index (χ3n) is 3.23. The Labute approximate surface area is 97.7 Å². The Morgan fingerprint density at radius 1 is 1.41 bits per heavy atom. The molecule has 4 nitrogen and oxygen atoms in total. The van der Waals surface area contributed by atoms with Crippen molar-refractivity contribution in [2.45, 2.75) is 13.3 Å². The zero-order valence-corrected chi connectivity index (χ0v) is 9.34. The van der Waals surface area contributed by atoms with Crippen LogP contribution in [0.1, 0.15) is 18.2 Å². The van der Waals surface area contributed by atoms with Crippen LogP contribution >= 0.6 is 0 Å². The van der Waals surface area contributed by atoms with Gasteiger partial charge in [0.15, 0.2) is 0 Å². The van der Waals surface area contributed by atoms with Crippen molar-refractivity contribution in [2.75, 3.05) is 0 Å². The van der Waals surface area contributed by atoms with Crippen LogP contribution in [0.25, 0.3) is 17.0 Å². The molecule has 1 aliphatic rings. The third kappa shape index (κ3) is 1.45. The number of furan rings is 1. The van der Waals surface area contributed by atoms with Crippen molar-refractivity contribution in [1.82, 2.24) is 0 Å². The molecule has 4 heteroatoms. The van der Waals surface area contributed by atoms with Crippen LogP contribution < -0.4 is 0 Å². The van der Waals surface area contributed by atoms with Crippen molar-refractivity contribution in [3.63, 3.8) is 0 Å². The summed E-state index contributed by atoms with van der Waals surface area (Å²) in [5, 5.41) is 11.9. The first-order valence-electron chi connectivity index (χ1n) is 5.53. The van der Waals surface area contributed by atoms with Gasteiger partial charge in [0.25, 0.3) is 5.70 Å². The van der Waals surface area contributed by atoms with Crippen LogP contribution in [0.3, 0.4) is 0 Å². The van der Waals surface area contributed by atoms with E-state index >= 15 is 0 Å². The number of hydrogen-bond acceptors (Lipinski definition) is 3. The number of nitro groups is 1. The quantitative estimate of drug-likeness (QED) is 0.557. The fraction of sp³-hybridized carbons (Fsp3) is 0.231. The molecule has 0 saturated carbocycles. The number of allylic oxidation sites excluding steroid dienone is 1. The molecular formula is C13H11NO3. The maximum Gasteiger partial charge on any atom is 0.253 e. The van der Waals surface area contributed by atoms with Crippen LogP contribution in [0, 0.1) is 16.0 Å². The van der Waals surface area contributed by atoms with E-state index in [0.717, 1.165) is 16.5 Å². The molecule has 1 aliphatic carbocycles. The summed E-state index contributed by atoms with van der Waals surface area (Å²) in [5.41, 5.74) is 2.11. The van der Waals surface area contributed by atoms with Gasteiger partial charge in [0, 0.05) is 10.9 Å². The van der Waals surface area contributed by atoms with Crippen LogP contribution in [0.5, 0.6) is 0 Å². The highest BCUT2D eigenvalue weighted by Gasteiger charge is 2.29. The number of nitrogens with zero attached hydrogens (tertiary/aromatic N) is 1. The number of benzene rings is 1. The summed E-state index contributed by atoms with van der Waals surface area (Å²) < 4.78 is 5.64. The van der Waals surface area contributed by atoms with Crippen LogP contribution in [0.2, 0.25) is 0 Å². The zero-order chi connectivity index (χ0) is 12.0. The molecule has 86 valence electrons. The lowest BCUT2D eigenvalue weighted by atomic mass is 9.91. The summed E-state index contributed by atoms with van der Waals surface area (Å²) in [6.07, 6.45) is 2.22. The van der Waals surface area contributed by atoms with E-state index in [1.807, 2.05) is 31.2 Å². The summed E-state index contributed by atoms with van der Waals surface area (Å²) in [7, 11) is 0. The maximum atomic E-state index is 10.9. The minimum atomic E-state index is -0.319. The van der Waals surface area contributed by atoms with Gasteiger partial charge in [-0.05, 0) is 12.5 Å². The predicted molar refractivity (Wildman–Crippen MR) is 64.1 cm³/mol. The highest BCUT2D eigenvalue weighted by Crippen LogP contribution is 2.35. The van der Waals surface area contributed by atoms with E-state index in [0.29, 0.717) is 12.2 Å². The monoisotopic (exact) mass is 229 g/mol. The van der Waals surface area contributed by atoms with Crippen molar-refractivity contribution in [3.05, 3.63) is 51.4 Å². The normalized spacial score (nSPS) is 18.9. The molecule has 0 fully saturated rings. The van der Waals surface area contributed by atoms with Gasteiger partial charge in [0.1, 0.15) is 11.3 Å². The van der Waals surface area contributed by atoms with E-state index in [1.165, 1.54) is 0 Å². The van der Waals surface area contributed by atoms with Crippen LogP contribution in [0.4, 0.5) is 0 Å². The molecule has 1 atom stereocenters. The summed E-state index contributed by atoms with van der Waals surface area (Å²) in [4.78, 5) is 10.6. The van der Waals surface area contributed by atoms with E-state index in [4.69, 9.17) is 4.42 Å². The van der Waals surface area contributed by atoms with Gasteiger partial charge in [0.2, 0.25) is 0 Å². The Kier molecular flexibility index (Phi) is 2.04. The average Bonchev–Trinajstić information content (AvgIpc) is 2.65. The number of fused-ring (bicyclic) bond motifs is 3. The Balaban J connectivity index is 2.25. The first-order chi connectivity index (χ1) is 8.16. The van der Waals surface area contributed by atoms with E-state index in [9.17, 15) is 10.1 Å². The molecule has 0 saturated heterocycles. The van der Waals surface area contributed by atoms with Crippen LogP contribution in [-0.2, 0) is 6.42 Å². The molecule has 1 aromatic heterocycles. The highest BCUT2D eigenvalue weighted by molar-refractivity contribution is 5.85. The summed E-state index contributed by atoms with van der Waals surface area (Å²) in [6, 6.07) is 7.74. The number of hydrogen-bond donors (Lipinski definition) is 0. The standard InChI is InChI=1S/C13H11NO3/c1-8-6-10-9-4-2-3-5-12(9)17-13(10)7-11(8)14(15)16/h2-5,7-8H,6H2,1H3. The van der Waals surface area contributed by atoms with Crippen molar-refractivity contribution in [1.29, 1.82) is 0 Å². The van der Waals surface area contributed by atoms with E-state index in [1.54, 1.807) is 6.08 Å². The first kappa shape index (κ1) is 10.1. The van der Waals surface area contributed by atoms with Crippen LogP contribution in [0.15, 0.2) is 34.4 Å². The average molecular weight is 229 g/mol. The second kappa shape index (κ2) is 3.45. The van der Waals surface area contributed by atoms with Gasteiger partial charge in [-0.1, -0.05) is 25.1 Å². The van der Waals surface area contributed by atoms with Crippen molar-refractivity contribution in [2.24, 2.45) is 5.92 Å². The van der Waals surface area contributed by atoms with Gasteiger partial charge in [-0.2, -0.15) is 0 Å². The van der Waals surface area contributed by atoms with E-state index < -0.39 is 0 Å².